The van der Waals surface area contributed by atoms with Crippen molar-refractivity contribution in [2.75, 3.05) is 138 Å². The molecule has 12 nitrogen and oxygen atoms in total. The summed E-state index contributed by atoms with van der Waals surface area (Å²) in [5.74, 6) is -81.9. The summed E-state index contributed by atoms with van der Waals surface area (Å²) in [5.41, 5.74) is 0. The maximum absolute atomic E-state index is 13.8. The fourth-order valence-electron chi connectivity index (χ4n) is 7.92. The first kappa shape index (κ1) is 86.9. The summed E-state index contributed by atoms with van der Waals surface area (Å²) < 4.78 is 361. The fourth-order valence-corrected chi connectivity index (χ4v) is 7.92. The van der Waals surface area contributed by atoms with Gasteiger partial charge in [-0.1, -0.05) is 0 Å². The molecular formula is C47H80F26N3O9+3. The molecule has 0 saturated heterocycles. The highest BCUT2D eigenvalue weighted by Crippen LogP contribution is 2.64. The molecule has 0 heterocycles. The van der Waals surface area contributed by atoms with E-state index in [1.807, 2.05) is 20.8 Å². The van der Waals surface area contributed by atoms with Gasteiger partial charge >= 0.3 is 71.1 Å². The maximum atomic E-state index is 13.8. The van der Waals surface area contributed by atoms with Gasteiger partial charge in [0.15, 0.2) is 12.3 Å². The maximum Gasteiger partial charge on any atom is 0.385 e. The van der Waals surface area contributed by atoms with Crippen LogP contribution in [0.2, 0.25) is 0 Å². The molecule has 5 atom stereocenters. The van der Waals surface area contributed by atoms with Gasteiger partial charge in [-0.15, -0.1) is 0 Å². The van der Waals surface area contributed by atoms with Crippen LogP contribution in [-0.4, -0.2) is 284 Å². The molecule has 0 aromatic heterocycles. The first-order valence-electron chi connectivity index (χ1n) is 26.0. The number of aliphatic hydroxyl groups is 6. The van der Waals surface area contributed by atoms with Gasteiger partial charge in [0.05, 0.1) is 78.9 Å². The van der Waals surface area contributed by atoms with E-state index >= 15 is 0 Å². The minimum absolute atomic E-state index is 0.0208. The molecule has 85 heavy (non-hydrogen) atoms. The van der Waals surface area contributed by atoms with E-state index in [4.69, 9.17) is 20.1 Å². The van der Waals surface area contributed by atoms with Gasteiger partial charge in [0.2, 0.25) is 0 Å². The van der Waals surface area contributed by atoms with Gasteiger partial charge in [-0.05, 0) is 55.4 Å². The second-order valence-electron chi connectivity index (χ2n) is 20.3. The highest BCUT2D eigenvalue weighted by molar-refractivity contribution is 5.15. The largest absolute Gasteiger partial charge is 0.391 e. The van der Waals surface area contributed by atoms with Gasteiger partial charge in [0.1, 0.15) is 77.4 Å². The van der Waals surface area contributed by atoms with Crippen LogP contribution < -0.4 is 0 Å². The predicted molar refractivity (Wildman–Crippen MR) is 251 cm³/mol. The van der Waals surface area contributed by atoms with Gasteiger partial charge in [-0.25, -0.2) is 17.6 Å². The van der Waals surface area contributed by atoms with E-state index in [0.29, 0.717) is 30.7 Å². The van der Waals surface area contributed by atoms with E-state index in [0.717, 1.165) is 26.6 Å². The van der Waals surface area contributed by atoms with Gasteiger partial charge in [-0.2, -0.15) is 96.6 Å². The molecule has 0 radical (unpaired) electrons. The fraction of sp³-hybridized carbons (Fsp3) is 1.00. The highest BCUT2D eigenvalue weighted by atomic mass is 19.4. The summed E-state index contributed by atoms with van der Waals surface area (Å²) in [6.07, 6.45) is -9.88. The number of aliphatic hydroxyl groups excluding tert-OH is 6. The Hall–Kier alpha value is -2.30. The molecule has 0 aliphatic carbocycles. The minimum Gasteiger partial charge on any atom is -0.391 e. The third kappa shape index (κ3) is 21.1. The monoisotopic (exact) mass is 1320 g/mol. The highest BCUT2D eigenvalue weighted by Gasteiger charge is 2.94. The van der Waals surface area contributed by atoms with Crippen LogP contribution in [0.4, 0.5) is 114 Å². The van der Waals surface area contributed by atoms with Crippen LogP contribution in [0.1, 0.15) is 62.3 Å². The molecule has 38 heteroatoms. The molecule has 0 saturated carbocycles. The number of quaternary nitrogens is 3. The molecule has 0 rings (SSSR count). The topological polar surface area (TPSA) is 149 Å². The van der Waals surface area contributed by atoms with Crippen LogP contribution in [-0.2, 0) is 14.2 Å². The second-order valence-corrected chi connectivity index (χ2v) is 20.3. The van der Waals surface area contributed by atoms with Crippen LogP contribution in [0.15, 0.2) is 0 Å². The van der Waals surface area contributed by atoms with Crippen LogP contribution >= 0.6 is 0 Å². The first-order chi connectivity index (χ1) is 38.0. The second kappa shape index (κ2) is 33.1. The minimum atomic E-state index is -8.45. The van der Waals surface area contributed by atoms with Crippen molar-refractivity contribution >= 4 is 0 Å². The third-order valence-electron chi connectivity index (χ3n) is 14.3. The van der Waals surface area contributed by atoms with E-state index in [-0.39, 0.29) is 55.2 Å². The Labute approximate surface area is 474 Å². The molecule has 0 bridgehead atoms. The molecule has 0 amide bonds. The van der Waals surface area contributed by atoms with Crippen molar-refractivity contribution in [2.24, 2.45) is 0 Å². The normalized spacial score (nSPS) is 16.5. The summed E-state index contributed by atoms with van der Waals surface area (Å²) in [4.78, 5) is 0. The summed E-state index contributed by atoms with van der Waals surface area (Å²) in [6.45, 7) is 4.39. The third-order valence-corrected chi connectivity index (χ3v) is 14.3. The lowest BCUT2D eigenvalue weighted by molar-refractivity contribution is -0.931. The molecule has 5 unspecified atom stereocenters. The molecule has 516 valence electrons. The molecule has 0 fully saturated rings. The van der Waals surface area contributed by atoms with Gasteiger partial charge in [-0.3, -0.25) is 0 Å². The van der Waals surface area contributed by atoms with E-state index in [1.54, 1.807) is 20.8 Å². The zero-order valence-electron chi connectivity index (χ0n) is 47.8. The lowest BCUT2D eigenvalue weighted by Crippen LogP contribution is -2.74. The molecule has 0 aromatic carbocycles. The van der Waals surface area contributed by atoms with Gasteiger partial charge in [0, 0.05) is 6.92 Å². The zero-order valence-corrected chi connectivity index (χ0v) is 47.8. The molecule has 0 aliphatic heterocycles. The Morgan fingerprint density at radius 2 is 0.600 bits per heavy atom. The van der Waals surface area contributed by atoms with E-state index in [1.165, 1.54) is 0 Å². The number of nitrogens with zero attached hydrogens (tertiary/aromatic N) is 3. The lowest BCUT2D eigenvalue weighted by Gasteiger charge is -2.43. The Balaban J connectivity index is -0.00000126. The van der Waals surface area contributed by atoms with Crippen LogP contribution in [0, 0.1) is 0 Å². The number of ether oxygens (including phenoxy) is 3. The van der Waals surface area contributed by atoms with Gasteiger partial charge in [0.25, 0.3) is 0 Å². The predicted octanol–water partition coefficient (Wildman–Crippen LogP) is 9.00. The summed E-state index contributed by atoms with van der Waals surface area (Å²) >= 11 is 0. The Kier molecular flexibility index (Phi) is 33.9. The molecule has 0 aromatic rings. The number of alkyl halides is 26. The van der Waals surface area contributed by atoms with Crippen molar-refractivity contribution in [3.63, 3.8) is 0 Å². The van der Waals surface area contributed by atoms with E-state index in [2.05, 4.69) is 9.47 Å². The van der Waals surface area contributed by atoms with Crippen molar-refractivity contribution in [1.29, 1.82) is 0 Å². The van der Waals surface area contributed by atoms with Crippen LogP contribution in [0.5, 0.6) is 0 Å². The Morgan fingerprint density at radius 1 is 0.353 bits per heavy atom. The lowest BCUT2D eigenvalue weighted by atomic mass is 9.88. The molecule has 0 aliphatic rings. The number of hydrogen-bond acceptors (Lipinski definition) is 9. The number of likely N-dealkylation sites (N-methyl/N-ethyl adjacent to an activating group) is 2. The zero-order chi connectivity index (χ0) is 68.4. The summed E-state index contributed by atoms with van der Waals surface area (Å²) in [5, 5.41) is 56.8. The van der Waals surface area contributed by atoms with Crippen LogP contribution in [0.25, 0.3) is 0 Å². The van der Waals surface area contributed by atoms with E-state index < -0.39 is 162 Å². The number of halogens is 26. The van der Waals surface area contributed by atoms with Crippen molar-refractivity contribution < 1.29 is 172 Å². The van der Waals surface area contributed by atoms with Crippen LogP contribution in [0.3, 0.4) is 0 Å². The standard InChI is InChI=1S/C19H26F16NO2.C15H27F7NO5.C13H27F3NO2/c1-5-36(6-2,7-3)8-11(37)9-38-10-13(22,23)15(26,27)17(30,31)19(34,35)18(32,33)16(28,29)14(24,25)12(4,20)21;1-11(16)14(19,20)15(21,22)13(17,18)10-28-9-12(27)8-23(2-5-24,3-6-25)4-7-26;1-5-17(6-2,7-3)8-12(18)9-19-10-13(15,16)11(4)14/h11,37H,5-10H2,1-4H3;11-12,24-27H,2-10H2,1H3;11-12,18H,5-10H2,1-4H3/q3*+1. The van der Waals surface area contributed by atoms with Crippen molar-refractivity contribution in [3.8, 4) is 0 Å². The van der Waals surface area contributed by atoms with Crippen molar-refractivity contribution in [3.05, 3.63) is 0 Å². The smallest absolute Gasteiger partial charge is 0.385 e. The van der Waals surface area contributed by atoms with Crippen molar-refractivity contribution in [1.82, 2.24) is 0 Å². The first-order valence-corrected chi connectivity index (χ1v) is 26.0. The number of hydrogen-bond donors (Lipinski definition) is 6. The number of rotatable bonds is 41. The molecular weight excluding hydrogens is 1240 g/mol. The summed E-state index contributed by atoms with van der Waals surface area (Å²) in [7, 11) is 0. The molecule has 6 N–H and O–H groups in total. The Bertz CT molecular complexity index is 1830. The van der Waals surface area contributed by atoms with E-state index in [9.17, 15) is 129 Å². The Morgan fingerprint density at radius 3 is 0.847 bits per heavy atom. The average molecular weight is 1330 g/mol. The SMILES string of the molecule is CC(F)C(F)(F)C(F)(F)C(F)(F)COCC(O)C[N+](CCO)(CCO)CCO.CC[N+](CC)(CC)CC(O)COCC(F)(F)C(C)F.CC[N+](CC)(CC)CC(O)COCC(F)(F)C(F)(F)C(F)(F)C(F)(F)C(F)(F)C(F)(F)C(F)(F)C(C)(F)F. The quantitative estimate of drug-likeness (QED) is 0.0261. The summed E-state index contributed by atoms with van der Waals surface area (Å²) in [6, 6.07) is 0. The molecule has 0 spiro atoms. The van der Waals surface area contributed by atoms with Crippen molar-refractivity contribution in [2.45, 2.75) is 164 Å². The average Bonchev–Trinajstić information content (AvgIpc) is 0.959. The van der Waals surface area contributed by atoms with Gasteiger partial charge < -0.3 is 58.3 Å².